The number of anilines is 1. The van der Waals surface area contributed by atoms with Gasteiger partial charge >= 0.3 is 0 Å². The lowest BCUT2D eigenvalue weighted by Gasteiger charge is -2.37. The Morgan fingerprint density at radius 1 is 1.23 bits per heavy atom. The molecular formula is C27H35Cl4FN4O3. The lowest BCUT2D eigenvalue weighted by molar-refractivity contribution is -0.123. The van der Waals surface area contributed by atoms with Gasteiger partial charge in [-0.1, -0.05) is 56.1 Å². The molecule has 7 nitrogen and oxygen atoms in total. The van der Waals surface area contributed by atoms with Crippen molar-refractivity contribution in [1.29, 1.82) is 0 Å². The van der Waals surface area contributed by atoms with Crippen LogP contribution in [-0.2, 0) is 15.0 Å². The third-order valence-electron chi connectivity index (χ3n) is 7.24. The van der Waals surface area contributed by atoms with Crippen LogP contribution in [0.25, 0.3) is 0 Å². The van der Waals surface area contributed by atoms with Gasteiger partial charge < -0.3 is 26.8 Å². The molecule has 0 bridgehead atoms. The Kier molecular flexibility index (Phi) is 11.1. The maximum Gasteiger partial charge on any atom is 0.237 e. The van der Waals surface area contributed by atoms with Gasteiger partial charge in [-0.2, -0.15) is 0 Å². The number of nitrogens with one attached hydrogen (secondary N) is 3. The molecule has 5 atom stereocenters. The number of carbonyl (C=O) groups is 2. The van der Waals surface area contributed by atoms with Gasteiger partial charge in [0.25, 0.3) is 0 Å². The summed E-state index contributed by atoms with van der Waals surface area (Å²) in [5, 5.41) is 19.4. The molecule has 12 heteroatoms. The normalized spacial score (nSPS) is 24.4. The second-order valence-corrected chi connectivity index (χ2v) is 11.9. The van der Waals surface area contributed by atoms with E-state index >= 15 is 0 Å². The molecule has 2 aliphatic rings. The van der Waals surface area contributed by atoms with Crippen LogP contribution in [0.15, 0.2) is 36.4 Å². The quantitative estimate of drug-likeness (QED) is 0.310. The van der Waals surface area contributed by atoms with Crippen LogP contribution in [0.4, 0.5) is 10.1 Å². The van der Waals surface area contributed by atoms with Crippen LogP contribution in [0.1, 0.15) is 50.7 Å². The molecule has 6 N–H and O–H groups in total. The largest absolute Gasteiger partial charge is 0.392 e. The molecule has 2 aromatic rings. The number of hydrogen-bond acceptors (Lipinski definition) is 5. The standard InChI is InChI=1S/C27H33Cl2FN4O3.2ClH/c1-26(2,3)12-21-27(17-10-19(30)18(29)11-20(17)33-25(27)37)22(14-5-4-6-15(28)9-14)23(34-21)24(36)32-8-7-16(35)13-31;;/h4-6,9-11,16,21-23,34-35H,7-8,12-13,31H2,1-3H3,(H,32,36)(H,33,37);2*1H/t16-,21+,22-,23+,27-;;/m0../s1. The summed E-state index contributed by atoms with van der Waals surface area (Å²) in [7, 11) is 0. The zero-order chi connectivity index (χ0) is 27.1. The lowest BCUT2D eigenvalue weighted by Crippen LogP contribution is -2.49. The van der Waals surface area contributed by atoms with Gasteiger partial charge in [0, 0.05) is 35.8 Å². The molecule has 0 aliphatic carbocycles. The fraction of sp³-hybridized carbons (Fsp3) is 0.481. The Morgan fingerprint density at radius 3 is 2.54 bits per heavy atom. The number of aliphatic hydroxyl groups excluding tert-OH is 1. The summed E-state index contributed by atoms with van der Waals surface area (Å²) in [5.74, 6) is -2.01. The second-order valence-electron chi connectivity index (χ2n) is 11.1. The summed E-state index contributed by atoms with van der Waals surface area (Å²) in [4.78, 5) is 27.7. The van der Waals surface area contributed by atoms with Gasteiger partial charge in [-0.15, -0.1) is 24.8 Å². The van der Waals surface area contributed by atoms with E-state index in [0.29, 0.717) is 34.7 Å². The van der Waals surface area contributed by atoms with Crippen molar-refractivity contribution in [2.45, 2.75) is 63.1 Å². The summed E-state index contributed by atoms with van der Waals surface area (Å²) < 4.78 is 14.9. The molecule has 216 valence electrons. The van der Waals surface area contributed by atoms with Crippen LogP contribution in [0.3, 0.4) is 0 Å². The number of aliphatic hydroxyl groups is 1. The lowest BCUT2D eigenvalue weighted by atomic mass is 9.62. The first kappa shape index (κ1) is 33.6. The van der Waals surface area contributed by atoms with Gasteiger partial charge in [-0.3, -0.25) is 9.59 Å². The second kappa shape index (κ2) is 12.9. The van der Waals surface area contributed by atoms with Crippen LogP contribution in [0, 0.1) is 11.2 Å². The Hall–Kier alpha value is -1.65. The molecule has 1 fully saturated rings. The minimum Gasteiger partial charge on any atom is -0.392 e. The van der Waals surface area contributed by atoms with Gasteiger partial charge in [0.15, 0.2) is 0 Å². The average molecular weight is 624 g/mol. The zero-order valence-electron chi connectivity index (χ0n) is 21.9. The maximum atomic E-state index is 14.9. The smallest absolute Gasteiger partial charge is 0.237 e. The Morgan fingerprint density at radius 2 is 1.92 bits per heavy atom. The van der Waals surface area contributed by atoms with Gasteiger partial charge in [-0.25, -0.2) is 4.39 Å². The van der Waals surface area contributed by atoms with Crippen molar-refractivity contribution >= 4 is 65.5 Å². The molecule has 1 saturated heterocycles. The summed E-state index contributed by atoms with van der Waals surface area (Å²) in [6.45, 7) is 6.45. The SMILES string of the molecule is CC(C)(C)C[C@H]1N[C@@H](C(=O)NCC[C@H](O)CN)[C@H](c2cccc(Cl)c2)[C@@]12C(=O)Nc1cc(Cl)c(F)cc12.Cl.Cl. The first-order valence-electron chi connectivity index (χ1n) is 12.4. The molecule has 4 rings (SSSR count). The maximum absolute atomic E-state index is 14.9. The molecule has 0 saturated carbocycles. The highest BCUT2D eigenvalue weighted by Gasteiger charge is 2.65. The molecule has 2 amide bonds. The monoisotopic (exact) mass is 622 g/mol. The van der Waals surface area contributed by atoms with Gasteiger partial charge in [-0.05, 0) is 53.6 Å². The van der Waals surface area contributed by atoms with Crippen molar-refractivity contribution < 1.29 is 19.1 Å². The van der Waals surface area contributed by atoms with Crippen LogP contribution < -0.4 is 21.7 Å². The van der Waals surface area contributed by atoms with Crippen molar-refractivity contribution in [3.8, 4) is 0 Å². The number of fused-ring (bicyclic) bond motifs is 2. The van der Waals surface area contributed by atoms with Crippen molar-refractivity contribution in [1.82, 2.24) is 10.6 Å². The number of carbonyl (C=O) groups excluding carboxylic acids is 2. The van der Waals surface area contributed by atoms with Crippen LogP contribution >= 0.6 is 48.0 Å². The summed E-state index contributed by atoms with van der Waals surface area (Å²) >= 11 is 12.4. The van der Waals surface area contributed by atoms with Gasteiger partial charge in [0.1, 0.15) is 11.2 Å². The van der Waals surface area contributed by atoms with Crippen molar-refractivity contribution in [2.75, 3.05) is 18.4 Å². The number of hydrogen-bond donors (Lipinski definition) is 5. The third-order valence-corrected chi connectivity index (χ3v) is 7.76. The van der Waals surface area contributed by atoms with Crippen molar-refractivity contribution in [3.63, 3.8) is 0 Å². The first-order valence-corrected chi connectivity index (χ1v) is 13.1. The highest BCUT2D eigenvalue weighted by atomic mass is 35.5. The highest BCUT2D eigenvalue weighted by molar-refractivity contribution is 6.31. The molecule has 1 spiro atoms. The van der Waals surface area contributed by atoms with E-state index in [9.17, 15) is 19.1 Å². The van der Waals surface area contributed by atoms with E-state index in [0.717, 1.165) is 0 Å². The number of amides is 2. The molecule has 2 aliphatic heterocycles. The van der Waals surface area contributed by atoms with E-state index in [2.05, 4.69) is 36.7 Å². The molecule has 2 heterocycles. The minimum atomic E-state index is -1.31. The minimum absolute atomic E-state index is 0. The van der Waals surface area contributed by atoms with E-state index in [1.807, 2.05) is 6.07 Å². The number of rotatable bonds is 7. The molecule has 39 heavy (non-hydrogen) atoms. The Bertz CT molecular complexity index is 1210. The van der Waals surface area contributed by atoms with Crippen LogP contribution in [0.5, 0.6) is 0 Å². The van der Waals surface area contributed by atoms with Gasteiger partial charge in [0.05, 0.1) is 17.2 Å². The fourth-order valence-electron chi connectivity index (χ4n) is 5.72. The fourth-order valence-corrected chi connectivity index (χ4v) is 6.09. The van der Waals surface area contributed by atoms with E-state index in [1.165, 1.54) is 12.1 Å². The summed E-state index contributed by atoms with van der Waals surface area (Å²) in [6, 6.07) is 8.44. The third kappa shape index (κ3) is 6.48. The molecule has 0 unspecified atom stereocenters. The predicted octanol–water partition coefficient (Wildman–Crippen LogP) is 4.55. The molecule has 0 aromatic heterocycles. The van der Waals surface area contributed by atoms with E-state index in [1.54, 1.807) is 18.2 Å². The van der Waals surface area contributed by atoms with Crippen molar-refractivity contribution in [3.05, 3.63) is 63.4 Å². The highest BCUT2D eigenvalue weighted by Crippen LogP contribution is 2.57. The van der Waals surface area contributed by atoms with Crippen LogP contribution in [-0.4, -0.2) is 48.2 Å². The predicted molar refractivity (Wildman–Crippen MR) is 158 cm³/mol. The number of halogens is 5. The molecule has 2 aromatic carbocycles. The number of nitrogens with two attached hydrogens (primary N) is 1. The first-order chi connectivity index (χ1) is 17.4. The molecular weight excluding hydrogens is 589 g/mol. The van der Waals surface area contributed by atoms with Crippen LogP contribution in [0.2, 0.25) is 10.0 Å². The molecule has 0 radical (unpaired) electrons. The van der Waals surface area contributed by atoms with Gasteiger partial charge in [0.2, 0.25) is 11.8 Å². The Balaban J connectivity index is 0.00000267. The van der Waals surface area contributed by atoms with E-state index in [-0.39, 0.29) is 60.2 Å². The summed E-state index contributed by atoms with van der Waals surface area (Å²) in [6.07, 6.45) is 0.0813. The van der Waals surface area contributed by atoms with Crippen molar-refractivity contribution in [2.24, 2.45) is 11.1 Å². The summed E-state index contributed by atoms with van der Waals surface area (Å²) in [5.41, 5.74) is 5.52. The topological polar surface area (TPSA) is 116 Å². The number of benzene rings is 2. The Labute approximate surface area is 250 Å². The van der Waals surface area contributed by atoms with E-state index < -0.39 is 35.3 Å². The average Bonchev–Trinajstić information content (AvgIpc) is 3.28. The van der Waals surface area contributed by atoms with E-state index in [4.69, 9.17) is 28.9 Å². The zero-order valence-corrected chi connectivity index (χ0v) is 25.0.